The molecule has 0 aromatic carbocycles. The molecule has 1 aliphatic heterocycles. The minimum absolute atomic E-state index is 0.464. The van der Waals surface area contributed by atoms with Crippen molar-refractivity contribution in [2.75, 3.05) is 19.6 Å². The van der Waals surface area contributed by atoms with Gasteiger partial charge in [-0.1, -0.05) is 6.92 Å². The van der Waals surface area contributed by atoms with Gasteiger partial charge in [0.2, 0.25) is 0 Å². The van der Waals surface area contributed by atoms with Gasteiger partial charge < -0.3 is 15.3 Å². The van der Waals surface area contributed by atoms with Crippen molar-refractivity contribution >= 4 is 0 Å². The van der Waals surface area contributed by atoms with Crippen LogP contribution < -0.4 is 0 Å². The summed E-state index contributed by atoms with van der Waals surface area (Å²) in [6.45, 7) is 3.84. The number of nitrogens with zero attached hydrogens (tertiary/aromatic N) is 1. The maximum absolute atomic E-state index is 9.29. The summed E-state index contributed by atoms with van der Waals surface area (Å²) in [5, 5.41) is 27.8. The van der Waals surface area contributed by atoms with Crippen LogP contribution in [0.5, 0.6) is 0 Å². The summed E-state index contributed by atoms with van der Waals surface area (Å²) >= 11 is 0. The fraction of sp³-hybridized carbons (Fsp3) is 1.00. The van der Waals surface area contributed by atoms with Gasteiger partial charge in [0.25, 0.3) is 0 Å². The average molecular weight is 175 g/mol. The van der Waals surface area contributed by atoms with Crippen molar-refractivity contribution in [1.82, 2.24) is 4.90 Å². The average Bonchev–Trinajstić information content (AvgIpc) is 2.01. The quantitative estimate of drug-likeness (QED) is 0.493. The van der Waals surface area contributed by atoms with E-state index in [0.717, 1.165) is 13.0 Å². The lowest BCUT2D eigenvalue weighted by molar-refractivity contribution is -0.109. The molecule has 1 saturated heterocycles. The lowest BCUT2D eigenvalue weighted by Crippen LogP contribution is -2.55. The van der Waals surface area contributed by atoms with E-state index in [2.05, 4.69) is 0 Å². The molecular formula is C8H17NO3. The van der Waals surface area contributed by atoms with Crippen molar-refractivity contribution in [1.29, 1.82) is 0 Å². The van der Waals surface area contributed by atoms with Crippen LogP contribution in [0.25, 0.3) is 0 Å². The Balaban J connectivity index is 2.42. The van der Waals surface area contributed by atoms with Crippen molar-refractivity contribution in [3.05, 3.63) is 0 Å². The summed E-state index contributed by atoms with van der Waals surface area (Å²) in [5.41, 5.74) is 0. The van der Waals surface area contributed by atoms with Crippen LogP contribution >= 0.6 is 0 Å². The fourth-order valence-corrected chi connectivity index (χ4v) is 1.57. The number of piperidine rings is 1. The lowest BCUT2D eigenvalue weighted by atomic mass is 10.0. The predicted octanol–water partition coefficient (Wildman–Crippen LogP) is -1.21. The highest BCUT2D eigenvalue weighted by Crippen LogP contribution is 2.11. The van der Waals surface area contributed by atoms with Crippen LogP contribution in [-0.4, -0.2) is 58.2 Å². The first-order chi connectivity index (χ1) is 5.65. The van der Waals surface area contributed by atoms with Gasteiger partial charge in [-0.05, 0) is 13.0 Å². The van der Waals surface area contributed by atoms with Gasteiger partial charge in [-0.3, -0.25) is 4.90 Å². The predicted molar refractivity (Wildman–Crippen MR) is 44.8 cm³/mol. The summed E-state index contributed by atoms with van der Waals surface area (Å²) < 4.78 is 0. The summed E-state index contributed by atoms with van der Waals surface area (Å²) in [6.07, 6.45) is -1.59. The van der Waals surface area contributed by atoms with Crippen LogP contribution in [0.15, 0.2) is 0 Å². The molecule has 1 aliphatic rings. The largest absolute Gasteiger partial charge is 0.389 e. The smallest absolute Gasteiger partial charge is 0.108 e. The van der Waals surface area contributed by atoms with Crippen molar-refractivity contribution in [2.24, 2.45) is 0 Å². The molecule has 0 aromatic rings. The van der Waals surface area contributed by atoms with Gasteiger partial charge in [-0.15, -0.1) is 0 Å². The second kappa shape index (κ2) is 4.18. The Morgan fingerprint density at radius 1 is 1.17 bits per heavy atom. The van der Waals surface area contributed by atoms with Gasteiger partial charge in [0.15, 0.2) is 0 Å². The Bertz CT molecular complexity index is 130. The number of aliphatic hydroxyl groups is 3. The van der Waals surface area contributed by atoms with E-state index < -0.39 is 18.3 Å². The fourth-order valence-electron chi connectivity index (χ4n) is 1.57. The second-order valence-electron chi connectivity index (χ2n) is 3.38. The molecule has 0 amide bonds. The van der Waals surface area contributed by atoms with Gasteiger partial charge in [0.05, 0.1) is 12.2 Å². The molecule has 0 bridgehead atoms. The van der Waals surface area contributed by atoms with E-state index in [1.807, 2.05) is 11.8 Å². The van der Waals surface area contributed by atoms with Gasteiger partial charge in [-0.25, -0.2) is 0 Å². The van der Waals surface area contributed by atoms with Crippen LogP contribution in [-0.2, 0) is 0 Å². The highest BCUT2D eigenvalue weighted by Gasteiger charge is 2.32. The van der Waals surface area contributed by atoms with Crippen molar-refractivity contribution in [3.63, 3.8) is 0 Å². The third-order valence-electron chi connectivity index (χ3n) is 2.22. The zero-order valence-electron chi connectivity index (χ0n) is 7.35. The molecule has 4 nitrogen and oxygen atoms in total. The Morgan fingerprint density at radius 2 is 1.67 bits per heavy atom. The van der Waals surface area contributed by atoms with Crippen LogP contribution in [0.3, 0.4) is 0 Å². The van der Waals surface area contributed by atoms with E-state index >= 15 is 0 Å². The molecule has 12 heavy (non-hydrogen) atoms. The van der Waals surface area contributed by atoms with Gasteiger partial charge in [0.1, 0.15) is 6.10 Å². The molecule has 0 unspecified atom stereocenters. The Kier molecular flexibility index (Phi) is 3.46. The monoisotopic (exact) mass is 175 g/mol. The molecule has 0 spiro atoms. The van der Waals surface area contributed by atoms with E-state index in [1.165, 1.54) is 0 Å². The standard InChI is InChI=1S/C8H17NO3/c1-2-3-9-4-6(10)8(12)7(11)5-9/h6-8,10-12H,2-5H2,1H3/t6-,7+,8-. The van der Waals surface area contributed by atoms with Crippen molar-refractivity contribution in [2.45, 2.75) is 31.7 Å². The summed E-state index contributed by atoms with van der Waals surface area (Å²) in [4.78, 5) is 1.96. The first-order valence-electron chi connectivity index (χ1n) is 4.41. The highest BCUT2D eigenvalue weighted by molar-refractivity contribution is 4.85. The zero-order chi connectivity index (χ0) is 9.14. The minimum Gasteiger partial charge on any atom is -0.389 e. The molecule has 1 fully saturated rings. The number of rotatable bonds is 2. The maximum atomic E-state index is 9.29. The van der Waals surface area contributed by atoms with Gasteiger partial charge in [-0.2, -0.15) is 0 Å². The zero-order valence-corrected chi connectivity index (χ0v) is 7.35. The molecule has 0 radical (unpaired) electrons. The Labute approximate surface area is 72.4 Å². The summed E-state index contributed by atoms with van der Waals surface area (Å²) in [6, 6.07) is 0. The molecule has 3 N–H and O–H groups in total. The molecule has 4 heteroatoms. The van der Waals surface area contributed by atoms with Gasteiger partial charge >= 0.3 is 0 Å². The van der Waals surface area contributed by atoms with Crippen molar-refractivity contribution < 1.29 is 15.3 Å². The van der Waals surface area contributed by atoms with E-state index in [0.29, 0.717) is 13.1 Å². The first-order valence-corrected chi connectivity index (χ1v) is 4.41. The summed E-state index contributed by atoms with van der Waals surface area (Å²) in [5.74, 6) is 0. The van der Waals surface area contributed by atoms with E-state index in [-0.39, 0.29) is 0 Å². The second-order valence-corrected chi connectivity index (χ2v) is 3.38. The summed E-state index contributed by atoms with van der Waals surface area (Å²) in [7, 11) is 0. The molecule has 1 heterocycles. The molecule has 0 saturated carbocycles. The third kappa shape index (κ3) is 2.17. The van der Waals surface area contributed by atoms with E-state index in [1.54, 1.807) is 0 Å². The SMILES string of the molecule is CCCN1C[C@@H](O)[C@@H](O)[C@@H](O)C1. The topological polar surface area (TPSA) is 63.9 Å². The Hall–Kier alpha value is -0.160. The molecule has 1 rings (SSSR count). The lowest BCUT2D eigenvalue weighted by Gasteiger charge is -2.36. The number of hydrogen-bond acceptors (Lipinski definition) is 4. The molecule has 72 valence electrons. The number of hydrogen-bond donors (Lipinski definition) is 3. The molecule has 0 aromatic heterocycles. The third-order valence-corrected chi connectivity index (χ3v) is 2.22. The molecule has 0 aliphatic carbocycles. The van der Waals surface area contributed by atoms with Crippen LogP contribution in [0, 0.1) is 0 Å². The van der Waals surface area contributed by atoms with E-state index in [9.17, 15) is 15.3 Å². The highest BCUT2D eigenvalue weighted by atomic mass is 16.4. The van der Waals surface area contributed by atoms with Crippen LogP contribution in [0.2, 0.25) is 0 Å². The number of aliphatic hydroxyl groups excluding tert-OH is 3. The van der Waals surface area contributed by atoms with Crippen LogP contribution in [0.1, 0.15) is 13.3 Å². The molecule has 3 atom stereocenters. The normalized spacial score (nSPS) is 38.5. The van der Waals surface area contributed by atoms with Crippen molar-refractivity contribution in [3.8, 4) is 0 Å². The van der Waals surface area contributed by atoms with Crippen LogP contribution in [0.4, 0.5) is 0 Å². The van der Waals surface area contributed by atoms with E-state index in [4.69, 9.17) is 0 Å². The maximum Gasteiger partial charge on any atom is 0.108 e. The van der Waals surface area contributed by atoms with Gasteiger partial charge in [0, 0.05) is 13.1 Å². The Morgan fingerprint density at radius 3 is 2.08 bits per heavy atom. The number of likely N-dealkylation sites (tertiary alicyclic amines) is 1. The molecular weight excluding hydrogens is 158 g/mol. The first kappa shape index (κ1) is 9.92. The minimum atomic E-state index is -0.974. The number of β-amino-alcohol motifs (C(OH)–C–C–N with tert-alkyl or cyclic N) is 2.